The van der Waals surface area contributed by atoms with E-state index in [0.29, 0.717) is 31.4 Å². The number of hydrogen-bond acceptors (Lipinski definition) is 7. The lowest BCUT2D eigenvalue weighted by Gasteiger charge is -2.10. The van der Waals surface area contributed by atoms with E-state index in [-0.39, 0.29) is 18.7 Å². The van der Waals surface area contributed by atoms with Gasteiger partial charge in [0.1, 0.15) is 21.9 Å². The van der Waals surface area contributed by atoms with Crippen molar-refractivity contribution in [2.24, 2.45) is 0 Å². The maximum atomic E-state index is 13.5. The van der Waals surface area contributed by atoms with Gasteiger partial charge in [-0.2, -0.15) is 0 Å². The maximum absolute atomic E-state index is 13.5. The van der Waals surface area contributed by atoms with Crippen molar-refractivity contribution in [1.82, 2.24) is 9.55 Å². The number of nitrogens with one attached hydrogen (secondary N) is 1. The Bertz CT molecular complexity index is 1750. The molecule has 0 fully saturated rings. The molecule has 1 amide bonds. The van der Waals surface area contributed by atoms with Crippen molar-refractivity contribution in [2.45, 2.75) is 27.3 Å². The first-order chi connectivity index (χ1) is 18.8. The second kappa shape index (κ2) is 11.1. The van der Waals surface area contributed by atoms with Crippen molar-refractivity contribution in [3.63, 3.8) is 0 Å². The van der Waals surface area contributed by atoms with E-state index in [2.05, 4.69) is 10.3 Å². The Morgan fingerprint density at radius 1 is 1.05 bits per heavy atom. The lowest BCUT2D eigenvalue weighted by atomic mass is 10.0. The van der Waals surface area contributed by atoms with Gasteiger partial charge in [0.15, 0.2) is 0 Å². The van der Waals surface area contributed by atoms with E-state index in [4.69, 9.17) is 16.3 Å². The fraction of sp³-hybridized carbons (Fsp3) is 0.172. The highest BCUT2D eigenvalue weighted by molar-refractivity contribution is 7.19. The van der Waals surface area contributed by atoms with Gasteiger partial charge in [-0.3, -0.25) is 14.2 Å². The van der Waals surface area contributed by atoms with Crippen molar-refractivity contribution >= 4 is 61.4 Å². The molecule has 0 spiro atoms. The molecule has 5 aromatic rings. The first kappa shape index (κ1) is 26.8. The standard InChI is InChI=1S/C29H24ClN3O4S2/c1-4-37-29(36)24-21(18-7-5-16(2)6-8-18)14-38-27(24)32-22(34)13-33-15-31-26-25(28(33)35)23(17(3)39-26)19-9-11-20(30)12-10-19/h5-12,14-15H,4,13H2,1-3H3,(H,32,34). The fourth-order valence-corrected chi connectivity index (χ4v) is 6.44. The predicted molar refractivity (Wildman–Crippen MR) is 158 cm³/mol. The molecular weight excluding hydrogens is 554 g/mol. The Balaban J connectivity index is 1.47. The van der Waals surface area contributed by atoms with Gasteiger partial charge in [-0.1, -0.05) is 53.6 Å². The minimum absolute atomic E-state index is 0.201. The van der Waals surface area contributed by atoms with Gasteiger partial charge in [0, 0.05) is 26.4 Å². The van der Waals surface area contributed by atoms with Crippen LogP contribution in [0.2, 0.25) is 5.02 Å². The first-order valence-electron chi connectivity index (χ1n) is 12.2. The van der Waals surface area contributed by atoms with Gasteiger partial charge < -0.3 is 10.1 Å². The SMILES string of the molecule is CCOC(=O)c1c(-c2ccc(C)cc2)csc1NC(=O)Cn1cnc2sc(C)c(-c3ccc(Cl)cc3)c2c1=O. The Morgan fingerprint density at radius 3 is 2.44 bits per heavy atom. The highest BCUT2D eigenvalue weighted by atomic mass is 35.5. The summed E-state index contributed by atoms with van der Waals surface area (Å²) in [6.45, 7) is 5.59. The largest absolute Gasteiger partial charge is 0.462 e. The predicted octanol–water partition coefficient (Wildman–Crippen LogP) is 6.94. The number of carbonyl (C=O) groups is 2. The minimum atomic E-state index is -0.522. The zero-order chi connectivity index (χ0) is 27.7. The monoisotopic (exact) mass is 577 g/mol. The molecule has 39 heavy (non-hydrogen) atoms. The minimum Gasteiger partial charge on any atom is -0.462 e. The van der Waals surface area contributed by atoms with E-state index in [0.717, 1.165) is 27.1 Å². The molecule has 198 valence electrons. The van der Waals surface area contributed by atoms with Gasteiger partial charge in [0.05, 0.1) is 18.3 Å². The summed E-state index contributed by atoms with van der Waals surface area (Å²) in [5.41, 5.74) is 4.22. The third-order valence-corrected chi connectivity index (χ3v) is 8.35. The van der Waals surface area contributed by atoms with Crippen LogP contribution in [0.1, 0.15) is 27.7 Å². The number of hydrogen-bond donors (Lipinski definition) is 1. The van der Waals surface area contributed by atoms with Crippen molar-refractivity contribution in [3.8, 4) is 22.3 Å². The molecule has 0 aliphatic heterocycles. The van der Waals surface area contributed by atoms with Gasteiger partial charge >= 0.3 is 5.97 Å². The quantitative estimate of drug-likeness (QED) is 0.212. The molecule has 0 aliphatic rings. The number of amides is 1. The smallest absolute Gasteiger partial charge is 0.341 e. The van der Waals surface area contributed by atoms with Gasteiger partial charge in [0.25, 0.3) is 5.56 Å². The van der Waals surface area contributed by atoms with Gasteiger partial charge in [0.2, 0.25) is 5.91 Å². The molecule has 2 aromatic carbocycles. The highest BCUT2D eigenvalue weighted by Crippen LogP contribution is 2.37. The van der Waals surface area contributed by atoms with Crippen LogP contribution in [0.15, 0.2) is 65.0 Å². The summed E-state index contributed by atoms with van der Waals surface area (Å²) in [5.74, 6) is -0.979. The number of thiophene rings is 2. The van der Waals surface area contributed by atoms with Crippen LogP contribution < -0.4 is 10.9 Å². The van der Waals surface area contributed by atoms with E-state index < -0.39 is 11.9 Å². The van der Waals surface area contributed by atoms with Crippen LogP contribution in [-0.2, 0) is 16.1 Å². The summed E-state index contributed by atoms with van der Waals surface area (Å²) < 4.78 is 6.57. The number of aryl methyl sites for hydroxylation is 2. The number of carbonyl (C=O) groups excluding carboxylic acids is 2. The van der Waals surface area contributed by atoms with E-state index in [1.807, 2.05) is 55.6 Å². The molecule has 7 nitrogen and oxygen atoms in total. The summed E-state index contributed by atoms with van der Waals surface area (Å²) in [4.78, 5) is 45.5. The Labute approximate surface area is 237 Å². The van der Waals surface area contributed by atoms with Crippen LogP contribution in [-0.4, -0.2) is 28.0 Å². The number of anilines is 1. The van der Waals surface area contributed by atoms with Gasteiger partial charge in [-0.05, 0) is 44.0 Å². The lowest BCUT2D eigenvalue weighted by molar-refractivity contribution is -0.116. The summed E-state index contributed by atoms with van der Waals surface area (Å²) in [5, 5.41) is 6.06. The van der Waals surface area contributed by atoms with Crippen LogP contribution in [0, 0.1) is 13.8 Å². The number of ether oxygens (including phenoxy) is 1. The summed E-state index contributed by atoms with van der Waals surface area (Å²) in [6.07, 6.45) is 1.38. The van der Waals surface area contributed by atoms with E-state index in [1.165, 1.54) is 33.6 Å². The summed E-state index contributed by atoms with van der Waals surface area (Å²) in [6, 6.07) is 15.0. The average Bonchev–Trinajstić information content (AvgIpc) is 3.48. The van der Waals surface area contributed by atoms with E-state index >= 15 is 0 Å². The summed E-state index contributed by atoms with van der Waals surface area (Å²) in [7, 11) is 0. The van der Waals surface area contributed by atoms with Crippen molar-refractivity contribution in [2.75, 3.05) is 11.9 Å². The number of benzene rings is 2. The molecule has 3 heterocycles. The number of aromatic nitrogens is 2. The fourth-order valence-electron chi connectivity index (χ4n) is 4.34. The van der Waals surface area contributed by atoms with Crippen LogP contribution in [0.5, 0.6) is 0 Å². The molecule has 0 unspecified atom stereocenters. The van der Waals surface area contributed by atoms with Crippen molar-refractivity contribution < 1.29 is 14.3 Å². The number of halogens is 1. The second-order valence-electron chi connectivity index (χ2n) is 8.89. The molecule has 1 N–H and O–H groups in total. The maximum Gasteiger partial charge on any atom is 0.341 e. The number of fused-ring (bicyclic) bond motifs is 1. The number of esters is 1. The molecule has 3 aromatic heterocycles. The molecule has 0 saturated heterocycles. The van der Waals surface area contributed by atoms with Crippen LogP contribution in [0.3, 0.4) is 0 Å². The molecule has 0 aliphatic carbocycles. The highest BCUT2D eigenvalue weighted by Gasteiger charge is 2.24. The van der Waals surface area contributed by atoms with Gasteiger partial charge in [-0.25, -0.2) is 9.78 Å². The van der Waals surface area contributed by atoms with E-state index in [1.54, 1.807) is 19.1 Å². The second-order valence-corrected chi connectivity index (χ2v) is 11.4. The molecular formula is C29H24ClN3O4S2. The molecule has 10 heteroatoms. The van der Waals surface area contributed by atoms with Crippen LogP contribution in [0.4, 0.5) is 5.00 Å². The first-order valence-corrected chi connectivity index (χ1v) is 14.2. The summed E-state index contributed by atoms with van der Waals surface area (Å²) >= 11 is 8.71. The Morgan fingerprint density at radius 2 is 1.74 bits per heavy atom. The Hall–Kier alpha value is -3.79. The average molecular weight is 578 g/mol. The van der Waals surface area contributed by atoms with Crippen molar-refractivity contribution in [3.05, 3.63) is 91.6 Å². The normalized spacial score (nSPS) is 11.1. The van der Waals surface area contributed by atoms with Crippen LogP contribution >= 0.6 is 34.3 Å². The van der Waals surface area contributed by atoms with Crippen molar-refractivity contribution in [1.29, 1.82) is 0 Å². The lowest BCUT2D eigenvalue weighted by Crippen LogP contribution is -2.28. The molecule has 0 saturated carbocycles. The van der Waals surface area contributed by atoms with Crippen LogP contribution in [0.25, 0.3) is 32.5 Å². The topological polar surface area (TPSA) is 90.3 Å². The molecule has 0 bridgehead atoms. The third-order valence-electron chi connectivity index (χ3n) is 6.19. The molecule has 0 atom stereocenters. The molecule has 0 radical (unpaired) electrons. The van der Waals surface area contributed by atoms with Gasteiger partial charge in [-0.15, -0.1) is 22.7 Å². The number of rotatable bonds is 7. The van der Waals surface area contributed by atoms with E-state index in [9.17, 15) is 14.4 Å². The number of nitrogens with zero attached hydrogens (tertiary/aromatic N) is 2. The molecule has 5 rings (SSSR count). The Kier molecular flexibility index (Phi) is 7.65. The zero-order valence-electron chi connectivity index (χ0n) is 21.4. The zero-order valence-corrected chi connectivity index (χ0v) is 23.8. The third kappa shape index (κ3) is 5.38.